The fourth-order valence-electron chi connectivity index (χ4n) is 1.55. The van der Waals surface area contributed by atoms with Crippen LogP contribution in [0.2, 0.25) is 0 Å². The van der Waals surface area contributed by atoms with Crippen LogP contribution in [0.5, 0.6) is 5.75 Å². The second-order valence-electron chi connectivity index (χ2n) is 3.32. The maximum Gasteiger partial charge on any atom is 0.140 e. The summed E-state index contributed by atoms with van der Waals surface area (Å²) in [4.78, 5) is 2.18. The fraction of sp³-hybridized carbons (Fsp3) is 0.364. The van der Waals surface area contributed by atoms with Crippen LogP contribution in [0.3, 0.4) is 0 Å². The summed E-state index contributed by atoms with van der Waals surface area (Å²) in [5, 5.41) is 0. The molecule has 1 aliphatic heterocycles. The summed E-state index contributed by atoms with van der Waals surface area (Å²) in [6, 6.07) is 8.04. The normalized spacial score (nSPS) is 16.6. The molecule has 2 rings (SSSR count). The predicted molar refractivity (Wildman–Crippen MR) is 70.0 cm³/mol. The zero-order valence-corrected chi connectivity index (χ0v) is 10.2. The monoisotopic (exact) mass is 239 g/mol. The van der Waals surface area contributed by atoms with Gasteiger partial charge in [0.05, 0.1) is 7.11 Å². The zero-order valence-electron chi connectivity index (χ0n) is 8.60. The van der Waals surface area contributed by atoms with Crippen LogP contribution in [-0.4, -0.2) is 23.7 Å². The van der Waals surface area contributed by atoms with Crippen LogP contribution in [0.25, 0.3) is 0 Å². The quantitative estimate of drug-likeness (QED) is 0.735. The number of anilines is 1. The molecule has 0 bridgehead atoms. The zero-order chi connectivity index (χ0) is 10.7. The van der Waals surface area contributed by atoms with E-state index in [0.29, 0.717) is 0 Å². The Morgan fingerprint density at radius 2 is 2.07 bits per heavy atom. The van der Waals surface area contributed by atoms with E-state index in [0.717, 1.165) is 28.1 Å². The van der Waals surface area contributed by atoms with Crippen molar-refractivity contribution in [3.63, 3.8) is 0 Å². The lowest BCUT2D eigenvalue weighted by atomic mass is 10.2. The van der Waals surface area contributed by atoms with Crippen LogP contribution >= 0.6 is 24.0 Å². The molecule has 0 N–H and O–H groups in total. The lowest BCUT2D eigenvalue weighted by molar-refractivity contribution is 0.415. The molecule has 1 aliphatic rings. The van der Waals surface area contributed by atoms with Gasteiger partial charge < -0.3 is 9.64 Å². The molecule has 2 nitrogen and oxygen atoms in total. The lowest BCUT2D eigenvalue weighted by Gasteiger charge is -2.28. The number of nitrogens with zero attached hydrogens (tertiary/aromatic N) is 1. The number of thioether (sulfide) groups is 1. The largest absolute Gasteiger partial charge is 0.497 e. The van der Waals surface area contributed by atoms with Crippen LogP contribution in [0.4, 0.5) is 5.69 Å². The molecule has 0 saturated carbocycles. The number of thiocarbonyl (C=S) groups is 1. The van der Waals surface area contributed by atoms with E-state index < -0.39 is 0 Å². The standard InChI is InChI=1S/C11H13NOS2/c1-13-10-5-3-9(4-6-10)12-7-2-8-15-11(12)14/h3-6H,2,7-8H2,1H3. The Hall–Kier alpha value is -0.740. The van der Waals surface area contributed by atoms with Gasteiger partial charge in [-0.15, -0.1) is 0 Å². The molecule has 0 atom stereocenters. The van der Waals surface area contributed by atoms with Gasteiger partial charge in [-0.1, -0.05) is 24.0 Å². The van der Waals surface area contributed by atoms with E-state index in [4.69, 9.17) is 17.0 Å². The van der Waals surface area contributed by atoms with Crippen LogP contribution in [-0.2, 0) is 0 Å². The van der Waals surface area contributed by atoms with Crippen molar-refractivity contribution >= 4 is 34.0 Å². The molecule has 0 aliphatic carbocycles. The van der Waals surface area contributed by atoms with Crippen molar-refractivity contribution in [3.05, 3.63) is 24.3 Å². The van der Waals surface area contributed by atoms with Crippen molar-refractivity contribution in [1.29, 1.82) is 0 Å². The first-order valence-electron chi connectivity index (χ1n) is 4.89. The van der Waals surface area contributed by atoms with Gasteiger partial charge in [-0.3, -0.25) is 0 Å². The van der Waals surface area contributed by atoms with Crippen molar-refractivity contribution in [3.8, 4) is 5.75 Å². The first kappa shape index (κ1) is 10.8. The summed E-state index contributed by atoms with van der Waals surface area (Å²) in [6.45, 7) is 1.03. The highest BCUT2D eigenvalue weighted by atomic mass is 32.2. The maximum absolute atomic E-state index is 5.33. The molecule has 0 aromatic heterocycles. The highest BCUT2D eigenvalue weighted by Crippen LogP contribution is 2.26. The number of hydrogen-bond donors (Lipinski definition) is 0. The summed E-state index contributed by atoms with van der Waals surface area (Å²) in [5.74, 6) is 2.03. The van der Waals surface area contributed by atoms with Gasteiger partial charge in [-0.2, -0.15) is 0 Å². The van der Waals surface area contributed by atoms with Crippen LogP contribution in [0.15, 0.2) is 24.3 Å². The molecule has 0 spiro atoms. The first-order chi connectivity index (χ1) is 7.31. The third kappa shape index (κ3) is 2.44. The molecule has 1 aromatic rings. The summed E-state index contributed by atoms with van der Waals surface area (Å²) in [5.41, 5.74) is 1.16. The Labute approximate surface area is 99.6 Å². The second kappa shape index (κ2) is 4.86. The summed E-state index contributed by atoms with van der Waals surface area (Å²) >= 11 is 7.09. The minimum absolute atomic E-state index is 0.884. The Morgan fingerprint density at radius 1 is 1.33 bits per heavy atom. The molecule has 0 unspecified atom stereocenters. The van der Waals surface area contributed by atoms with E-state index in [1.807, 2.05) is 12.1 Å². The first-order valence-corrected chi connectivity index (χ1v) is 6.29. The Kier molecular flexibility index (Phi) is 3.49. The third-order valence-electron chi connectivity index (χ3n) is 2.36. The van der Waals surface area contributed by atoms with Gasteiger partial charge >= 0.3 is 0 Å². The lowest BCUT2D eigenvalue weighted by Crippen LogP contribution is -2.32. The van der Waals surface area contributed by atoms with Gasteiger partial charge in [0.15, 0.2) is 0 Å². The highest BCUT2D eigenvalue weighted by Gasteiger charge is 2.16. The SMILES string of the molecule is COc1ccc(N2CCCSC2=S)cc1. The predicted octanol–water partition coefficient (Wildman–Crippen LogP) is 2.92. The average molecular weight is 239 g/mol. The molecular formula is C11H13NOS2. The number of hydrogen-bond acceptors (Lipinski definition) is 3. The average Bonchev–Trinajstić information content (AvgIpc) is 2.30. The Balaban J connectivity index is 2.17. The number of rotatable bonds is 2. The van der Waals surface area contributed by atoms with Gasteiger partial charge in [0.2, 0.25) is 0 Å². The minimum Gasteiger partial charge on any atom is -0.497 e. The summed E-state index contributed by atoms with van der Waals surface area (Å²) < 4.78 is 6.10. The van der Waals surface area contributed by atoms with E-state index in [1.54, 1.807) is 18.9 Å². The number of benzene rings is 1. The van der Waals surface area contributed by atoms with Gasteiger partial charge in [0.1, 0.15) is 10.1 Å². The molecule has 1 aromatic carbocycles. The van der Waals surface area contributed by atoms with Crippen molar-refractivity contribution in [2.75, 3.05) is 24.3 Å². The van der Waals surface area contributed by atoms with Gasteiger partial charge in [0.25, 0.3) is 0 Å². The summed E-state index contributed by atoms with van der Waals surface area (Å²) in [7, 11) is 1.68. The van der Waals surface area contributed by atoms with Gasteiger partial charge in [-0.25, -0.2) is 0 Å². The number of ether oxygens (including phenoxy) is 1. The minimum atomic E-state index is 0.884. The third-order valence-corrected chi connectivity index (χ3v) is 3.89. The molecule has 4 heteroatoms. The van der Waals surface area contributed by atoms with Crippen molar-refractivity contribution < 1.29 is 4.74 Å². The molecule has 80 valence electrons. The topological polar surface area (TPSA) is 12.5 Å². The van der Waals surface area contributed by atoms with Crippen molar-refractivity contribution in [2.24, 2.45) is 0 Å². The second-order valence-corrected chi connectivity index (χ2v) is 5.05. The highest BCUT2D eigenvalue weighted by molar-refractivity contribution is 8.23. The van der Waals surface area contributed by atoms with E-state index in [9.17, 15) is 0 Å². The molecular weight excluding hydrogens is 226 g/mol. The maximum atomic E-state index is 5.33. The number of methoxy groups -OCH3 is 1. The van der Waals surface area contributed by atoms with E-state index in [2.05, 4.69) is 17.0 Å². The molecule has 0 amide bonds. The molecule has 1 heterocycles. The molecule has 0 radical (unpaired) electrons. The summed E-state index contributed by atoms with van der Waals surface area (Å²) in [6.07, 6.45) is 1.19. The Bertz CT molecular complexity index is 350. The molecule has 1 saturated heterocycles. The molecule has 1 fully saturated rings. The van der Waals surface area contributed by atoms with Crippen molar-refractivity contribution in [2.45, 2.75) is 6.42 Å². The van der Waals surface area contributed by atoms with Crippen LogP contribution in [0.1, 0.15) is 6.42 Å². The van der Waals surface area contributed by atoms with Crippen LogP contribution in [0, 0.1) is 0 Å². The smallest absolute Gasteiger partial charge is 0.140 e. The van der Waals surface area contributed by atoms with E-state index in [-0.39, 0.29) is 0 Å². The Morgan fingerprint density at radius 3 is 2.67 bits per heavy atom. The fourth-order valence-corrected chi connectivity index (χ4v) is 2.80. The van der Waals surface area contributed by atoms with Gasteiger partial charge in [0, 0.05) is 18.0 Å². The van der Waals surface area contributed by atoms with Crippen LogP contribution < -0.4 is 9.64 Å². The van der Waals surface area contributed by atoms with Gasteiger partial charge in [-0.05, 0) is 30.7 Å². The van der Waals surface area contributed by atoms with E-state index in [1.165, 1.54) is 6.42 Å². The van der Waals surface area contributed by atoms with Crippen molar-refractivity contribution in [1.82, 2.24) is 0 Å². The van der Waals surface area contributed by atoms with E-state index >= 15 is 0 Å². The molecule has 15 heavy (non-hydrogen) atoms.